The Balaban J connectivity index is 1.56. The minimum atomic E-state index is 0.0984. The van der Waals surface area contributed by atoms with Crippen molar-refractivity contribution in [2.45, 2.75) is 50.1 Å². The highest BCUT2D eigenvalue weighted by Gasteiger charge is 2.23. The highest BCUT2D eigenvalue weighted by Crippen LogP contribution is 2.36. The van der Waals surface area contributed by atoms with Crippen LogP contribution in [-0.2, 0) is 25.1 Å². The lowest BCUT2D eigenvalue weighted by Crippen LogP contribution is -2.23. The monoisotopic (exact) mass is 420 g/mol. The molecule has 0 atom stereocenters. The molecule has 4 aromatic rings. The molecule has 4 heterocycles. The van der Waals surface area contributed by atoms with E-state index < -0.39 is 0 Å². The number of aryl methyl sites for hydroxylation is 2. The first kappa shape index (κ1) is 18.5. The average Bonchev–Trinajstić information content (AvgIpc) is 3.40. The predicted octanol–water partition coefficient (Wildman–Crippen LogP) is 4.77. The van der Waals surface area contributed by atoms with Crippen molar-refractivity contribution in [3.8, 4) is 6.07 Å². The fourth-order valence-corrected chi connectivity index (χ4v) is 6.45. The summed E-state index contributed by atoms with van der Waals surface area (Å²) in [5.74, 6) is 0.608. The molecule has 7 heteroatoms. The summed E-state index contributed by atoms with van der Waals surface area (Å²) in [6.45, 7) is 2.75. The molecule has 0 N–H and O–H groups in total. The zero-order valence-electron chi connectivity index (χ0n) is 16.1. The second-order valence-electron chi connectivity index (χ2n) is 7.31. The first-order valence-electron chi connectivity index (χ1n) is 9.87. The Morgan fingerprint density at radius 3 is 3.07 bits per heavy atom. The molecule has 5 nitrogen and oxygen atoms in total. The number of nitriles is 1. The largest absolute Gasteiger partial charge is 0.322 e. The van der Waals surface area contributed by atoms with E-state index >= 15 is 0 Å². The minimum absolute atomic E-state index is 0.0984. The molecule has 0 amide bonds. The third-order valence-corrected chi connectivity index (χ3v) is 7.68. The summed E-state index contributed by atoms with van der Waals surface area (Å²) >= 11 is 3.23. The molecule has 4 aromatic heterocycles. The van der Waals surface area contributed by atoms with Crippen LogP contribution in [0.1, 0.15) is 41.3 Å². The van der Waals surface area contributed by atoms with E-state index in [4.69, 9.17) is 4.98 Å². The van der Waals surface area contributed by atoms with Crippen LogP contribution in [0.25, 0.3) is 15.7 Å². The SMILES string of the molecule is CCCn1c(SCc2cn3ccccc3c2C#N)nc2sc3c(c2c1=O)CCC3. The highest BCUT2D eigenvalue weighted by atomic mass is 32.2. The van der Waals surface area contributed by atoms with Gasteiger partial charge >= 0.3 is 0 Å². The normalized spacial score (nSPS) is 13.2. The van der Waals surface area contributed by atoms with Gasteiger partial charge < -0.3 is 4.40 Å². The summed E-state index contributed by atoms with van der Waals surface area (Å²) in [4.78, 5) is 20.4. The quantitative estimate of drug-likeness (QED) is 0.344. The van der Waals surface area contributed by atoms with Crippen molar-refractivity contribution >= 4 is 38.8 Å². The number of nitrogens with zero attached hydrogens (tertiary/aromatic N) is 4. The third kappa shape index (κ3) is 2.98. The van der Waals surface area contributed by atoms with Crippen molar-refractivity contribution in [3.05, 3.63) is 62.5 Å². The number of hydrogen-bond acceptors (Lipinski definition) is 5. The van der Waals surface area contributed by atoms with E-state index in [9.17, 15) is 10.1 Å². The number of hydrogen-bond donors (Lipinski definition) is 0. The lowest BCUT2D eigenvalue weighted by atomic mass is 10.2. The summed E-state index contributed by atoms with van der Waals surface area (Å²) in [7, 11) is 0. The third-order valence-electron chi connectivity index (χ3n) is 5.47. The van der Waals surface area contributed by atoms with Gasteiger partial charge in [0, 0.05) is 29.6 Å². The van der Waals surface area contributed by atoms with E-state index in [1.165, 1.54) is 10.4 Å². The van der Waals surface area contributed by atoms with Crippen LogP contribution in [0, 0.1) is 11.3 Å². The van der Waals surface area contributed by atoms with Gasteiger partial charge in [0.15, 0.2) is 5.16 Å². The van der Waals surface area contributed by atoms with Crippen LogP contribution in [0.15, 0.2) is 40.5 Å². The van der Waals surface area contributed by atoms with E-state index in [0.717, 1.165) is 52.1 Å². The molecular formula is C22H20N4OS2. The number of aromatic nitrogens is 3. The van der Waals surface area contributed by atoms with Gasteiger partial charge in [-0.15, -0.1) is 11.3 Å². The smallest absolute Gasteiger partial charge is 0.263 e. The van der Waals surface area contributed by atoms with Crippen LogP contribution in [0.5, 0.6) is 0 Å². The van der Waals surface area contributed by atoms with Crippen LogP contribution >= 0.6 is 23.1 Å². The van der Waals surface area contributed by atoms with E-state index in [-0.39, 0.29) is 5.56 Å². The average molecular weight is 421 g/mol. The number of thioether (sulfide) groups is 1. The zero-order valence-corrected chi connectivity index (χ0v) is 17.8. The first-order chi connectivity index (χ1) is 14.2. The van der Waals surface area contributed by atoms with Gasteiger partial charge in [0.1, 0.15) is 10.9 Å². The Labute approximate surface area is 176 Å². The van der Waals surface area contributed by atoms with E-state index in [1.807, 2.05) is 39.6 Å². The van der Waals surface area contributed by atoms with Crippen LogP contribution < -0.4 is 5.56 Å². The maximum absolute atomic E-state index is 13.3. The Morgan fingerprint density at radius 2 is 2.24 bits per heavy atom. The molecule has 0 aromatic carbocycles. The topological polar surface area (TPSA) is 63.1 Å². The molecule has 0 unspecified atom stereocenters. The Kier molecular flexibility index (Phi) is 4.69. The molecule has 5 rings (SSSR count). The van der Waals surface area contributed by atoms with Gasteiger partial charge in [-0.3, -0.25) is 9.36 Å². The maximum atomic E-state index is 13.3. The van der Waals surface area contributed by atoms with Gasteiger partial charge in [-0.05, 0) is 48.9 Å². The summed E-state index contributed by atoms with van der Waals surface area (Å²) < 4.78 is 3.81. The van der Waals surface area contributed by atoms with Crippen molar-refractivity contribution < 1.29 is 0 Å². The highest BCUT2D eigenvalue weighted by molar-refractivity contribution is 7.98. The molecule has 0 aliphatic heterocycles. The fourth-order valence-electron chi connectivity index (χ4n) is 4.15. The van der Waals surface area contributed by atoms with Crippen molar-refractivity contribution in [2.24, 2.45) is 0 Å². The molecule has 146 valence electrons. The summed E-state index contributed by atoms with van der Waals surface area (Å²) in [6.07, 6.45) is 8.03. The van der Waals surface area contributed by atoms with Gasteiger partial charge in [0.2, 0.25) is 0 Å². The fraction of sp³-hybridized carbons (Fsp3) is 0.318. The Morgan fingerprint density at radius 1 is 1.34 bits per heavy atom. The summed E-state index contributed by atoms with van der Waals surface area (Å²) in [5.41, 5.74) is 3.90. The van der Waals surface area contributed by atoms with Crippen LogP contribution in [0.2, 0.25) is 0 Å². The second-order valence-corrected chi connectivity index (χ2v) is 9.34. The van der Waals surface area contributed by atoms with E-state index in [2.05, 4.69) is 13.0 Å². The molecule has 0 bridgehead atoms. The van der Waals surface area contributed by atoms with E-state index in [1.54, 1.807) is 23.1 Å². The predicted molar refractivity (Wildman–Crippen MR) is 118 cm³/mol. The molecule has 0 spiro atoms. The van der Waals surface area contributed by atoms with Crippen LogP contribution in [-0.4, -0.2) is 14.0 Å². The summed E-state index contributed by atoms with van der Waals surface area (Å²) in [5, 5.41) is 11.2. The van der Waals surface area contributed by atoms with Crippen molar-refractivity contribution in [3.63, 3.8) is 0 Å². The number of pyridine rings is 1. The van der Waals surface area contributed by atoms with Gasteiger partial charge in [-0.25, -0.2) is 4.98 Å². The lowest BCUT2D eigenvalue weighted by Gasteiger charge is -2.11. The molecule has 29 heavy (non-hydrogen) atoms. The first-order valence-corrected chi connectivity index (χ1v) is 11.7. The molecule has 0 fully saturated rings. The Hall–Kier alpha value is -2.56. The number of rotatable bonds is 5. The van der Waals surface area contributed by atoms with Gasteiger partial charge in [-0.2, -0.15) is 5.26 Å². The number of thiophene rings is 1. The van der Waals surface area contributed by atoms with Crippen molar-refractivity contribution in [2.75, 3.05) is 0 Å². The molecule has 0 saturated carbocycles. The van der Waals surface area contributed by atoms with Crippen LogP contribution in [0.4, 0.5) is 0 Å². The lowest BCUT2D eigenvalue weighted by molar-refractivity contribution is 0.585. The molecule has 1 aliphatic carbocycles. The standard InChI is InChI=1S/C22H20N4OS2/c1-2-9-26-21(27)19-15-6-5-8-18(15)29-20(19)24-22(26)28-13-14-12-25-10-4-3-7-17(25)16(14)11-23/h3-4,7,10,12H,2,5-6,8-9,13H2,1H3. The summed E-state index contributed by atoms with van der Waals surface area (Å²) in [6, 6.07) is 8.19. The number of fused-ring (bicyclic) bond motifs is 4. The molecule has 0 radical (unpaired) electrons. The van der Waals surface area contributed by atoms with Crippen LogP contribution in [0.3, 0.4) is 0 Å². The van der Waals surface area contributed by atoms with E-state index in [0.29, 0.717) is 17.9 Å². The molecule has 0 saturated heterocycles. The minimum Gasteiger partial charge on any atom is -0.322 e. The maximum Gasteiger partial charge on any atom is 0.263 e. The van der Waals surface area contributed by atoms with Gasteiger partial charge in [-0.1, -0.05) is 24.8 Å². The Bertz CT molecular complexity index is 1340. The molecular weight excluding hydrogens is 400 g/mol. The molecule has 1 aliphatic rings. The van der Waals surface area contributed by atoms with Gasteiger partial charge in [0.05, 0.1) is 16.5 Å². The second kappa shape index (κ2) is 7.36. The zero-order chi connectivity index (χ0) is 20.0. The van der Waals surface area contributed by atoms with Crippen molar-refractivity contribution in [1.82, 2.24) is 14.0 Å². The van der Waals surface area contributed by atoms with Gasteiger partial charge in [0.25, 0.3) is 5.56 Å². The van der Waals surface area contributed by atoms with Crippen molar-refractivity contribution in [1.29, 1.82) is 5.26 Å².